The van der Waals surface area contributed by atoms with Crippen LogP contribution in [-0.4, -0.2) is 71.8 Å². The molecule has 0 radical (unpaired) electrons. The number of benzene rings is 2. The normalized spacial score (nSPS) is 20.0. The molecule has 1 unspecified atom stereocenters. The fraction of sp³-hybridized carbons (Fsp3) is 0.440. The predicted octanol–water partition coefficient (Wildman–Crippen LogP) is 2.11. The van der Waals surface area contributed by atoms with Crippen molar-refractivity contribution in [1.82, 2.24) is 20.0 Å². The third kappa shape index (κ3) is 5.93. The van der Waals surface area contributed by atoms with Gasteiger partial charge in [-0.1, -0.05) is 60.7 Å². The highest BCUT2D eigenvalue weighted by molar-refractivity contribution is 5.82. The van der Waals surface area contributed by atoms with Crippen molar-refractivity contribution in [1.29, 1.82) is 0 Å². The van der Waals surface area contributed by atoms with Crippen LogP contribution in [0, 0.1) is 0 Å². The molecule has 4 rings (SSSR count). The van der Waals surface area contributed by atoms with Crippen molar-refractivity contribution in [2.45, 2.75) is 32.0 Å². The second kappa shape index (κ2) is 10.6. The summed E-state index contributed by atoms with van der Waals surface area (Å²) in [6.07, 6.45) is 2.01. The van der Waals surface area contributed by atoms with Crippen LogP contribution in [0.15, 0.2) is 60.7 Å². The summed E-state index contributed by atoms with van der Waals surface area (Å²) in [6, 6.07) is 20.3. The van der Waals surface area contributed by atoms with Crippen LogP contribution in [0.4, 0.5) is 0 Å². The molecule has 0 spiro atoms. The molecule has 164 valence electrons. The lowest BCUT2D eigenvalue weighted by molar-refractivity contribution is -0.138. The van der Waals surface area contributed by atoms with Crippen molar-refractivity contribution in [3.63, 3.8) is 0 Å². The molecule has 31 heavy (non-hydrogen) atoms. The summed E-state index contributed by atoms with van der Waals surface area (Å²) in [4.78, 5) is 31.9. The first-order chi connectivity index (χ1) is 15.2. The zero-order valence-corrected chi connectivity index (χ0v) is 18.1. The lowest BCUT2D eigenvalue weighted by Crippen LogP contribution is -2.54. The zero-order chi connectivity index (χ0) is 21.5. The molecule has 6 heteroatoms. The van der Waals surface area contributed by atoms with Crippen LogP contribution in [0.5, 0.6) is 0 Å². The molecule has 0 bridgehead atoms. The van der Waals surface area contributed by atoms with Gasteiger partial charge < -0.3 is 10.2 Å². The molecule has 2 aromatic carbocycles. The minimum atomic E-state index is -0.0130. The van der Waals surface area contributed by atoms with Crippen LogP contribution in [-0.2, 0) is 22.7 Å². The lowest BCUT2D eigenvalue weighted by Gasteiger charge is -2.37. The van der Waals surface area contributed by atoms with E-state index in [2.05, 4.69) is 39.4 Å². The average Bonchev–Trinajstić information content (AvgIpc) is 3.27. The van der Waals surface area contributed by atoms with E-state index in [9.17, 15) is 9.59 Å². The predicted molar refractivity (Wildman–Crippen MR) is 121 cm³/mol. The van der Waals surface area contributed by atoms with E-state index in [-0.39, 0.29) is 17.9 Å². The number of rotatable bonds is 7. The molecule has 2 aromatic rings. The van der Waals surface area contributed by atoms with Crippen molar-refractivity contribution in [3.8, 4) is 0 Å². The van der Waals surface area contributed by atoms with E-state index in [1.165, 1.54) is 5.56 Å². The van der Waals surface area contributed by atoms with E-state index in [1.807, 2.05) is 41.3 Å². The number of piperazine rings is 1. The molecular weight excluding hydrogens is 388 g/mol. The molecule has 2 amide bonds. The number of nitrogens with one attached hydrogen (secondary N) is 1. The molecular formula is C25H32N4O2. The molecule has 2 heterocycles. The van der Waals surface area contributed by atoms with E-state index in [1.54, 1.807) is 0 Å². The standard InChI is InChI=1S/C25H32N4O2/c30-24(26-18-21-8-3-1-4-9-21)20-27-14-16-28(17-15-27)25(31)23-12-7-13-29(23)19-22-10-5-2-6-11-22/h1-6,8-11,23H,7,12-20H2,(H,26,30). The largest absolute Gasteiger partial charge is 0.351 e. The van der Waals surface area contributed by atoms with Gasteiger partial charge in [-0.25, -0.2) is 0 Å². The van der Waals surface area contributed by atoms with Crippen LogP contribution in [0.3, 0.4) is 0 Å². The summed E-state index contributed by atoms with van der Waals surface area (Å²) in [5, 5.41) is 2.99. The SMILES string of the molecule is O=C(CN1CCN(C(=O)C2CCCN2Cc2ccccc2)CC1)NCc1ccccc1. The molecule has 6 nitrogen and oxygen atoms in total. The van der Waals surface area contributed by atoms with Crippen molar-refractivity contribution in [2.75, 3.05) is 39.3 Å². The number of nitrogens with zero attached hydrogens (tertiary/aromatic N) is 3. The highest BCUT2D eigenvalue weighted by Crippen LogP contribution is 2.22. The molecule has 0 aromatic heterocycles. The summed E-state index contributed by atoms with van der Waals surface area (Å²) in [5.74, 6) is 0.287. The Labute approximate surface area is 184 Å². The second-order valence-electron chi connectivity index (χ2n) is 8.48. The highest BCUT2D eigenvalue weighted by atomic mass is 16.2. The molecule has 1 atom stereocenters. The van der Waals surface area contributed by atoms with Crippen molar-refractivity contribution in [3.05, 3.63) is 71.8 Å². The number of carbonyl (C=O) groups is 2. The van der Waals surface area contributed by atoms with Gasteiger partial charge in [0, 0.05) is 39.3 Å². The van der Waals surface area contributed by atoms with Gasteiger partial charge in [0.25, 0.3) is 0 Å². The first kappa shape index (κ1) is 21.5. The Morgan fingerprint density at radius 2 is 1.48 bits per heavy atom. The molecule has 1 N–H and O–H groups in total. The molecule has 2 saturated heterocycles. The fourth-order valence-corrected chi connectivity index (χ4v) is 4.51. The first-order valence-electron chi connectivity index (χ1n) is 11.3. The third-order valence-corrected chi connectivity index (χ3v) is 6.26. The Morgan fingerprint density at radius 3 is 2.16 bits per heavy atom. The van der Waals surface area contributed by atoms with E-state index in [0.717, 1.165) is 44.6 Å². The van der Waals surface area contributed by atoms with Gasteiger partial charge in [0.1, 0.15) is 0 Å². The Morgan fingerprint density at radius 1 is 0.839 bits per heavy atom. The fourth-order valence-electron chi connectivity index (χ4n) is 4.51. The summed E-state index contributed by atoms with van der Waals surface area (Å²) in [7, 11) is 0. The van der Waals surface area contributed by atoms with Gasteiger partial charge in [-0.05, 0) is 30.5 Å². The first-order valence-corrected chi connectivity index (χ1v) is 11.3. The van der Waals surface area contributed by atoms with E-state index < -0.39 is 0 Å². The quantitative estimate of drug-likeness (QED) is 0.746. The topological polar surface area (TPSA) is 55.9 Å². The Hall–Kier alpha value is -2.70. The van der Waals surface area contributed by atoms with Gasteiger partial charge in [-0.3, -0.25) is 19.4 Å². The average molecular weight is 421 g/mol. The van der Waals surface area contributed by atoms with Gasteiger partial charge in [-0.2, -0.15) is 0 Å². The van der Waals surface area contributed by atoms with Crippen molar-refractivity contribution >= 4 is 11.8 Å². The maximum absolute atomic E-state index is 13.2. The van der Waals surface area contributed by atoms with E-state index in [4.69, 9.17) is 0 Å². The monoisotopic (exact) mass is 420 g/mol. The third-order valence-electron chi connectivity index (χ3n) is 6.26. The maximum atomic E-state index is 13.2. The van der Waals surface area contributed by atoms with Gasteiger partial charge >= 0.3 is 0 Å². The van der Waals surface area contributed by atoms with Crippen LogP contribution >= 0.6 is 0 Å². The van der Waals surface area contributed by atoms with Crippen LogP contribution in [0.25, 0.3) is 0 Å². The van der Waals surface area contributed by atoms with Gasteiger partial charge in [0.15, 0.2) is 0 Å². The summed E-state index contributed by atoms with van der Waals surface area (Å²) >= 11 is 0. The van der Waals surface area contributed by atoms with Gasteiger partial charge in [-0.15, -0.1) is 0 Å². The Balaban J connectivity index is 1.21. The van der Waals surface area contributed by atoms with Crippen LogP contribution < -0.4 is 5.32 Å². The number of hydrogen-bond donors (Lipinski definition) is 1. The zero-order valence-electron chi connectivity index (χ0n) is 18.1. The molecule has 2 aliphatic rings. The number of amides is 2. The van der Waals surface area contributed by atoms with Gasteiger partial charge in [0.05, 0.1) is 12.6 Å². The molecule has 0 saturated carbocycles. The molecule has 2 aliphatic heterocycles. The Bertz CT molecular complexity index is 850. The van der Waals surface area contributed by atoms with Crippen molar-refractivity contribution in [2.24, 2.45) is 0 Å². The van der Waals surface area contributed by atoms with E-state index in [0.29, 0.717) is 26.2 Å². The number of carbonyl (C=O) groups excluding carboxylic acids is 2. The maximum Gasteiger partial charge on any atom is 0.240 e. The summed E-state index contributed by atoms with van der Waals surface area (Å²) in [5.41, 5.74) is 2.36. The minimum absolute atomic E-state index is 0.0130. The summed E-state index contributed by atoms with van der Waals surface area (Å²) < 4.78 is 0. The highest BCUT2D eigenvalue weighted by Gasteiger charge is 2.34. The Kier molecular flexibility index (Phi) is 7.33. The van der Waals surface area contributed by atoms with Crippen LogP contribution in [0.2, 0.25) is 0 Å². The molecule has 2 fully saturated rings. The van der Waals surface area contributed by atoms with Crippen LogP contribution in [0.1, 0.15) is 24.0 Å². The summed E-state index contributed by atoms with van der Waals surface area (Å²) in [6.45, 7) is 5.63. The lowest BCUT2D eigenvalue weighted by atomic mass is 10.1. The second-order valence-corrected chi connectivity index (χ2v) is 8.48. The smallest absolute Gasteiger partial charge is 0.240 e. The molecule has 0 aliphatic carbocycles. The minimum Gasteiger partial charge on any atom is -0.351 e. The van der Waals surface area contributed by atoms with Gasteiger partial charge in [0.2, 0.25) is 11.8 Å². The number of hydrogen-bond acceptors (Lipinski definition) is 4. The van der Waals surface area contributed by atoms with Crippen molar-refractivity contribution < 1.29 is 9.59 Å². The van der Waals surface area contributed by atoms with E-state index >= 15 is 0 Å². The number of likely N-dealkylation sites (tertiary alicyclic amines) is 1.